The third kappa shape index (κ3) is 0.967. The Morgan fingerprint density at radius 1 is 1.50 bits per heavy atom. The lowest BCUT2D eigenvalue weighted by Crippen LogP contribution is -1.95. The maximum atomic E-state index is 5.49. The second-order valence-corrected chi connectivity index (χ2v) is 2.74. The van der Waals surface area contributed by atoms with Crippen LogP contribution in [0.2, 0.25) is 0 Å². The number of rotatable bonds is 1. The van der Waals surface area contributed by atoms with Crippen LogP contribution in [-0.4, -0.2) is 15.0 Å². The molecule has 12 heavy (non-hydrogen) atoms. The number of nitrogens with zero attached hydrogens (tertiary/aromatic N) is 3. The molecule has 0 fully saturated rings. The maximum absolute atomic E-state index is 5.49. The van der Waals surface area contributed by atoms with Gasteiger partial charge in [-0.2, -0.15) is 0 Å². The molecule has 0 amide bonds. The van der Waals surface area contributed by atoms with E-state index in [-0.39, 0.29) is 0 Å². The highest BCUT2D eigenvalue weighted by Gasteiger charge is 2.00. The molecule has 1 heterocycles. The highest BCUT2D eigenvalue weighted by Crippen LogP contribution is 2.11. The molecule has 62 valence electrons. The van der Waals surface area contributed by atoms with Crippen LogP contribution in [-0.2, 0) is 13.6 Å². The van der Waals surface area contributed by atoms with Gasteiger partial charge in [-0.3, -0.25) is 0 Å². The van der Waals surface area contributed by atoms with E-state index in [1.165, 1.54) is 0 Å². The van der Waals surface area contributed by atoms with Crippen LogP contribution in [0.4, 0.5) is 0 Å². The highest BCUT2D eigenvalue weighted by molar-refractivity contribution is 5.74. The number of aryl methyl sites for hydroxylation is 1. The second kappa shape index (κ2) is 2.57. The van der Waals surface area contributed by atoms with Crippen LogP contribution in [0, 0.1) is 0 Å². The van der Waals surface area contributed by atoms with E-state index < -0.39 is 0 Å². The largest absolute Gasteiger partial charge is 0.326 e. The summed E-state index contributed by atoms with van der Waals surface area (Å²) in [7, 11) is 1.87. The summed E-state index contributed by atoms with van der Waals surface area (Å²) in [6.45, 7) is 0.548. The van der Waals surface area contributed by atoms with Crippen LogP contribution in [0.25, 0.3) is 11.0 Å². The van der Waals surface area contributed by atoms with Crippen LogP contribution in [0.1, 0.15) is 5.56 Å². The van der Waals surface area contributed by atoms with Gasteiger partial charge in [0.2, 0.25) is 0 Å². The Hall–Kier alpha value is -1.42. The Kier molecular flexibility index (Phi) is 1.55. The lowest BCUT2D eigenvalue weighted by atomic mass is 10.2. The van der Waals surface area contributed by atoms with Crippen LogP contribution in [0.5, 0.6) is 0 Å². The molecule has 0 unspecified atom stereocenters. The highest BCUT2D eigenvalue weighted by atomic mass is 15.4. The van der Waals surface area contributed by atoms with Gasteiger partial charge in [-0.1, -0.05) is 11.3 Å². The van der Waals surface area contributed by atoms with E-state index in [0.717, 1.165) is 16.6 Å². The van der Waals surface area contributed by atoms with Crippen molar-refractivity contribution in [1.29, 1.82) is 0 Å². The van der Waals surface area contributed by atoms with Gasteiger partial charge in [-0.15, -0.1) is 5.10 Å². The van der Waals surface area contributed by atoms with Crippen molar-refractivity contribution in [3.05, 3.63) is 23.8 Å². The number of aromatic nitrogens is 3. The molecule has 2 rings (SSSR count). The Morgan fingerprint density at radius 3 is 3.08 bits per heavy atom. The smallest absolute Gasteiger partial charge is 0.113 e. The zero-order chi connectivity index (χ0) is 8.55. The quantitative estimate of drug-likeness (QED) is 0.661. The standard InChI is InChI=1S/C8H10N4/c1-12-8-3-2-6(5-9)4-7(8)10-11-12/h2-4H,5,9H2,1H3. The molecule has 2 aromatic rings. The van der Waals surface area contributed by atoms with Crippen molar-refractivity contribution in [2.75, 3.05) is 0 Å². The van der Waals surface area contributed by atoms with Gasteiger partial charge in [-0.25, -0.2) is 4.68 Å². The number of nitrogens with two attached hydrogens (primary N) is 1. The molecule has 4 nitrogen and oxygen atoms in total. The van der Waals surface area contributed by atoms with Gasteiger partial charge in [0.1, 0.15) is 5.52 Å². The Balaban J connectivity index is 2.69. The first-order chi connectivity index (χ1) is 5.81. The maximum Gasteiger partial charge on any atom is 0.113 e. The van der Waals surface area contributed by atoms with Crippen molar-refractivity contribution >= 4 is 11.0 Å². The summed E-state index contributed by atoms with van der Waals surface area (Å²) in [5.74, 6) is 0. The van der Waals surface area contributed by atoms with E-state index in [9.17, 15) is 0 Å². The first-order valence-electron chi connectivity index (χ1n) is 3.79. The molecule has 2 N–H and O–H groups in total. The van der Waals surface area contributed by atoms with E-state index in [2.05, 4.69) is 10.3 Å². The van der Waals surface area contributed by atoms with Crippen LogP contribution < -0.4 is 5.73 Å². The topological polar surface area (TPSA) is 56.7 Å². The second-order valence-electron chi connectivity index (χ2n) is 2.74. The van der Waals surface area contributed by atoms with Crippen LogP contribution in [0.15, 0.2) is 18.2 Å². The fraction of sp³-hybridized carbons (Fsp3) is 0.250. The Bertz CT molecular complexity index is 404. The minimum Gasteiger partial charge on any atom is -0.326 e. The Labute approximate surface area is 70.0 Å². The van der Waals surface area contributed by atoms with Crippen LogP contribution >= 0.6 is 0 Å². The fourth-order valence-electron chi connectivity index (χ4n) is 1.21. The number of fused-ring (bicyclic) bond motifs is 1. The van der Waals surface area contributed by atoms with Gasteiger partial charge >= 0.3 is 0 Å². The zero-order valence-corrected chi connectivity index (χ0v) is 6.86. The molecule has 0 saturated carbocycles. The molecule has 0 aliphatic heterocycles. The summed E-state index contributed by atoms with van der Waals surface area (Å²) in [4.78, 5) is 0. The molecule has 0 bridgehead atoms. The fourth-order valence-corrected chi connectivity index (χ4v) is 1.21. The van der Waals surface area contributed by atoms with Crippen molar-refractivity contribution in [3.63, 3.8) is 0 Å². The molecule has 0 radical (unpaired) electrons. The zero-order valence-electron chi connectivity index (χ0n) is 6.86. The van der Waals surface area contributed by atoms with Gasteiger partial charge in [0.05, 0.1) is 5.52 Å². The molecule has 0 spiro atoms. The van der Waals surface area contributed by atoms with Gasteiger partial charge in [-0.05, 0) is 17.7 Å². The summed E-state index contributed by atoms with van der Waals surface area (Å²) < 4.78 is 1.75. The minimum atomic E-state index is 0.548. The minimum absolute atomic E-state index is 0.548. The van der Waals surface area contributed by atoms with E-state index in [4.69, 9.17) is 5.73 Å². The monoisotopic (exact) mass is 162 g/mol. The van der Waals surface area contributed by atoms with Gasteiger partial charge < -0.3 is 5.73 Å². The molecule has 0 aliphatic rings. The van der Waals surface area contributed by atoms with E-state index in [0.29, 0.717) is 6.54 Å². The SMILES string of the molecule is Cn1nnc2cc(CN)ccc21. The third-order valence-corrected chi connectivity index (χ3v) is 1.91. The van der Waals surface area contributed by atoms with Gasteiger partial charge in [0.15, 0.2) is 0 Å². The number of benzene rings is 1. The molecule has 0 atom stereocenters. The normalized spacial score (nSPS) is 10.8. The summed E-state index contributed by atoms with van der Waals surface area (Å²) in [5, 5.41) is 7.88. The number of hydrogen-bond donors (Lipinski definition) is 1. The molecule has 1 aromatic carbocycles. The van der Waals surface area contributed by atoms with Crippen molar-refractivity contribution < 1.29 is 0 Å². The average molecular weight is 162 g/mol. The molecule has 0 aliphatic carbocycles. The van der Waals surface area contributed by atoms with Crippen molar-refractivity contribution in [3.8, 4) is 0 Å². The lowest BCUT2D eigenvalue weighted by molar-refractivity contribution is 0.736. The van der Waals surface area contributed by atoms with E-state index in [1.54, 1.807) is 4.68 Å². The average Bonchev–Trinajstić information content (AvgIpc) is 2.47. The first-order valence-corrected chi connectivity index (χ1v) is 3.79. The third-order valence-electron chi connectivity index (χ3n) is 1.91. The predicted molar refractivity (Wildman–Crippen MR) is 46.4 cm³/mol. The molecule has 0 saturated heterocycles. The van der Waals surface area contributed by atoms with Gasteiger partial charge in [0.25, 0.3) is 0 Å². The van der Waals surface area contributed by atoms with Crippen LogP contribution in [0.3, 0.4) is 0 Å². The molecule has 1 aromatic heterocycles. The van der Waals surface area contributed by atoms with Crippen molar-refractivity contribution in [2.45, 2.75) is 6.54 Å². The summed E-state index contributed by atoms with van der Waals surface area (Å²) in [6.07, 6.45) is 0. The summed E-state index contributed by atoms with van der Waals surface area (Å²) in [5.41, 5.74) is 8.52. The summed E-state index contributed by atoms with van der Waals surface area (Å²) in [6, 6.07) is 5.94. The number of hydrogen-bond acceptors (Lipinski definition) is 3. The van der Waals surface area contributed by atoms with Gasteiger partial charge in [0, 0.05) is 13.6 Å². The summed E-state index contributed by atoms with van der Waals surface area (Å²) >= 11 is 0. The van der Waals surface area contributed by atoms with E-state index >= 15 is 0 Å². The lowest BCUT2D eigenvalue weighted by Gasteiger charge is -1.95. The molecular formula is C8H10N4. The predicted octanol–water partition coefficient (Wildman–Crippen LogP) is 0.427. The van der Waals surface area contributed by atoms with Crippen molar-refractivity contribution in [1.82, 2.24) is 15.0 Å². The Morgan fingerprint density at radius 2 is 2.33 bits per heavy atom. The van der Waals surface area contributed by atoms with Crippen molar-refractivity contribution in [2.24, 2.45) is 12.8 Å². The molecular weight excluding hydrogens is 152 g/mol. The molecule has 4 heteroatoms. The van der Waals surface area contributed by atoms with E-state index in [1.807, 2.05) is 25.2 Å². The first kappa shape index (κ1) is 7.24.